The van der Waals surface area contributed by atoms with Crippen LogP contribution in [0.2, 0.25) is 0 Å². The van der Waals surface area contributed by atoms with Gasteiger partial charge in [0.05, 0.1) is 25.5 Å². The summed E-state index contributed by atoms with van der Waals surface area (Å²) in [5, 5.41) is 15.7. The van der Waals surface area contributed by atoms with Gasteiger partial charge < -0.3 is 25.4 Å². The van der Waals surface area contributed by atoms with Crippen LogP contribution in [0.1, 0.15) is 37.4 Å². The average Bonchev–Trinajstić information content (AvgIpc) is 3.14. The first-order chi connectivity index (χ1) is 17.6. The third kappa shape index (κ3) is 5.55. The van der Waals surface area contributed by atoms with E-state index < -0.39 is 24.5 Å². The number of alkyl halides is 3. The van der Waals surface area contributed by atoms with Crippen molar-refractivity contribution in [2.75, 3.05) is 43.5 Å². The number of hydrogen-bond acceptors (Lipinski definition) is 5. The molecule has 5 rings (SSSR count). The highest BCUT2D eigenvalue weighted by Crippen LogP contribution is 2.58. The second-order valence-corrected chi connectivity index (χ2v) is 10.8. The van der Waals surface area contributed by atoms with E-state index in [1.165, 1.54) is 4.90 Å². The molecule has 37 heavy (non-hydrogen) atoms. The molecule has 7 nitrogen and oxygen atoms in total. The number of aromatic nitrogens is 1. The van der Waals surface area contributed by atoms with E-state index in [0.29, 0.717) is 37.0 Å². The molecule has 2 aromatic rings. The number of urea groups is 1. The number of ether oxygens (including phenoxy) is 1. The number of nitrogens with zero attached hydrogens (tertiary/aromatic N) is 2. The van der Waals surface area contributed by atoms with Crippen molar-refractivity contribution < 1.29 is 27.8 Å². The van der Waals surface area contributed by atoms with Gasteiger partial charge in [0.25, 0.3) is 0 Å². The Hall–Kier alpha value is -2.85. The van der Waals surface area contributed by atoms with Gasteiger partial charge in [-0.2, -0.15) is 13.2 Å². The maximum absolute atomic E-state index is 12.8. The molecular formula is C27H33F3N4O3. The van der Waals surface area contributed by atoms with Crippen molar-refractivity contribution in [2.45, 2.75) is 50.7 Å². The molecule has 1 saturated carbocycles. The van der Waals surface area contributed by atoms with Crippen LogP contribution in [0.5, 0.6) is 0 Å². The number of fused-ring (bicyclic) bond motifs is 1. The van der Waals surface area contributed by atoms with Gasteiger partial charge in [0, 0.05) is 36.7 Å². The Morgan fingerprint density at radius 2 is 2.14 bits per heavy atom. The van der Waals surface area contributed by atoms with E-state index in [0.717, 1.165) is 35.4 Å². The summed E-state index contributed by atoms with van der Waals surface area (Å²) >= 11 is 0. The van der Waals surface area contributed by atoms with Crippen molar-refractivity contribution in [2.24, 2.45) is 11.8 Å². The average molecular weight is 519 g/mol. The molecular weight excluding hydrogens is 485 g/mol. The van der Waals surface area contributed by atoms with Gasteiger partial charge in [-0.3, -0.25) is 0 Å². The van der Waals surface area contributed by atoms with Crippen LogP contribution in [0, 0.1) is 18.8 Å². The second kappa shape index (κ2) is 9.79. The van der Waals surface area contributed by atoms with Gasteiger partial charge in [-0.05, 0) is 79.5 Å². The van der Waals surface area contributed by atoms with Gasteiger partial charge in [0.1, 0.15) is 5.82 Å². The molecule has 0 unspecified atom stereocenters. The SMILES string of the molecule is Cc1ccc(NC(=O)N2CC[C@@H](CC(F)(F)F)C2)cc1-c1cc(N[C@H](C)CO)nc([C@@]23COC[C@H]2C3)c1. The molecule has 10 heteroatoms. The van der Waals surface area contributed by atoms with Crippen LogP contribution in [-0.4, -0.2) is 66.1 Å². The van der Waals surface area contributed by atoms with E-state index >= 15 is 0 Å². The lowest BCUT2D eigenvalue weighted by Gasteiger charge is -2.20. The zero-order chi connectivity index (χ0) is 26.4. The molecule has 1 aromatic heterocycles. The van der Waals surface area contributed by atoms with Gasteiger partial charge >= 0.3 is 12.2 Å². The molecule has 200 valence electrons. The molecule has 2 amide bonds. The number of halogens is 3. The first-order valence-corrected chi connectivity index (χ1v) is 12.8. The number of anilines is 2. The summed E-state index contributed by atoms with van der Waals surface area (Å²) in [6.07, 6.45) is -3.70. The van der Waals surface area contributed by atoms with Crippen molar-refractivity contribution >= 4 is 17.5 Å². The predicted molar refractivity (Wildman–Crippen MR) is 135 cm³/mol. The minimum Gasteiger partial charge on any atom is -0.394 e. The zero-order valence-electron chi connectivity index (χ0n) is 21.1. The van der Waals surface area contributed by atoms with Gasteiger partial charge in [-0.15, -0.1) is 0 Å². The third-order valence-electron chi connectivity index (χ3n) is 7.81. The molecule has 1 aromatic carbocycles. The molecule has 3 fully saturated rings. The molecule has 3 N–H and O–H groups in total. The Morgan fingerprint density at radius 1 is 1.32 bits per heavy atom. The molecule has 0 spiro atoms. The Labute approximate surface area is 214 Å². The Kier molecular flexibility index (Phi) is 6.83. The summed E-state index contributed by atoms with van der Waals surface area (Å²) in [7, 11) is 0. The highest BCUT2D eigenvalue weighted by Gasteiger charge is 2.60. The summed E-state index contributed by atoms with van der Waals surface area (Å²) < 4.78 is 44.0. The summed E-state index contributed by atoms with van der Waals surface area (Å²) in [6, 6.07) is 9.07. The fourth-order valence-corrected chi connectivity index (χ4v) is 5.58. The van der Waals surface area contributed by atoms with Crippen LogP contribution in [0.25, 0.3) is 11.1 Å². The Bertz CT molecular complexity index is 1170. The lowest BCUT2D eigenvalue weighted by Crippen LogP contribution is -2.33. The lowest BCUT2D eigenvalue weighted by molar-refractivity contribution is -0.143. The van der Waals surface area contributed by atoms with Crippen LogP contribution >= 0.6 is 0 Å². The van der Waals surface area contributed by atoms with Gasteiger partial charge in [-0.25, -0.2) is 9.78 Å². The number of aliphatic hydroxyl groups excluding tert-OH is 1. The van der Waals surface area contributed by atoms with E-state index in [-0.39, 0.29) is 24.6 Å². The number of carbonyl (C=O) groups is 1. The summed E-state index contributed by atoms with van der Waals surface area (Å²) in [5.74, 6) is 0.571. The van der Waals surface area contributed by atoms with Crippen molar-refractivity contribution in [1.29, 1.82) is 0 Å². The quantitative estimate of drug-likeness (QED) is 0.483. The maximum Gasteiger partial charge on any atom is 0.389 e. The van der Waals surface area contributed by atoms with E-state index in [9.17, 15) is 23.1 Å². The largest absolute Gasteiger partial charge is 0.394 e. The van der Waals surface area contributed by atoms with E-state index in [1.54, 1.807) is 6.07 Å². The minimum absolute atomic E-state index is 0.0288. The normalized spacial score (nSPS) is 25.6. The number of hydrogen-bond donors (Lipinski definition) is 3. The Morgan fingerprint density at radius 3 is 2.81 bits per heavy atom. The highest BCUT2D eigenvalue weighted by atomic mass is 19.4. The first kappa shape index (κ1) is 25.8. The molecule has 2 saturated heterocycles. The molecule has 3 aliphatic rings. The monoisotopic (exact) mass is 518 g/mol. The number of pyridine rings is 1. The summed E-state index contributed by atoms with van der Waals surface area (Å²) in [5.41, 5.74) is 4.33. The third-order valence-corrected chi connectivity index (χ3v) is 7.81. The molecule has 0 radical (unpaired) electrons. The van der Waals surface area contributed by atoms with Crippen molar-refractivity contribution in [3.8, 4) is 11.1 Å². The van der Waals surface area contributed by atoms with E-state index in [1.807, 2.05) is 32.0 Å². The van der Waals surface area contributed by atoms with E-state index in [2.05, 4.69) is 16.7 Å². The second-order valence-electron chi connectivity index (χ2n) is 10.8. The Balaban J connectivity index is 1.38. The van der Waals surface area contributed by atoms with Gasteiger partial charge in [-0.1, -0.05) is 6.07 Å². The van der Waals surface area contributed by atoms with Crippen LogP contribution in [-0.2, 0) is 10.2 Å². The molecule has 2 aliphatic heterocycles. The fourth-order valence-electron chi connectivity index (χ4n) is 5.58. The zero-order valence-corrected chi connectivity index (χ0v) is 21.1. The van der Waals surface area contributed by atoms with Crippen LogP contribution in [0.3, 0.4) is 0 Å². The van der Waals surface area contributed by atoms with Gasteiger partial charge in [0.2, 0.25) is 0 Å². The van der Waals surface area contributed by atoms with Crippen LogP contribution in [0.4, 0.5) is 29.5 Å². The topological polar surface area (TPSA) is 86.7 Å². The van der Waals surface area contributed by atoms with Crippen molar-refractivity contribution in [3.63, 3.8) is 0 Å². The highest BCUT2D eigenvalue weighted by molar-refractivity contribution is 5.90. The van der Waals surface area contributed by atoms with Crippen LogP contribution in [0.15, 0.2) is 30.3 Å². The van der Waals surface area contributed by atoms with Crippen molar-refractivity contribution in [1.82, 2.24) is 9.88 Å². The molecule has 3 heterocycles. The molecule has 0 bridgehead atoms. The molecule has 4 atom stereocenters. The maximum atomic E-state index is 12.8. The number of likely N-dealkylation sites (tertiary alicyclic amines) is 1. The van der Waals surface area contributed by atoms with Crippen LogP contribution < -0.4 is 10.6 Å². The summed E-state index contributed by atoms with van der Waals surface area (Å²) in [6.45, 7) is 5.63. The van der Waals surface area contributed by atoms with Gasteiger partial charge in [0.15, 0.2) is 0 Å². The van der Waals surface area contributed by atoms with Crippen molar-refractivity contribution in [3.05, 3.63) is 41.6 Å². The standard InChI is InChI=1S/C27H33F3N4O3/c1-16-3-4-21(32-25(36)34-6-5-18(12-34)10-27(28,29)30)9-22(16)19-7-23(26-11-20(26)14-37-15-26)33-24(8-19)31-17(2)13-35/h3-4,7-9,17-18,20,35H,5-6,10-15H2,1-2H3,(H,31,33)(H,32,36)/t17-,18+,20-,26+/m1/s1. The lowest BCUT2D eigenvalue weighted by atomic mass is 9.95. The number of amides is 2. The predicted octanol–water partition coefficient (Wildman–Crippen LogP) is 4.94. The fraction of sp³-hybridized carbons (Fsp3) is 0.556. The first-order valence-electron chi connectivity index (χ1n) is 12.8. The molecule has 1 aliphatic carbocycles. The smallest absolute Gasteiger partial charge is 0.389 e. The summed E-state index contributed by atoms with van der Waals surface area (Å²) in [4.78, 5) is 19.1. The number of benzene rings is 1. The number of carbonyl (C=O) groups excluding carboxylic acids is 1. The van der Waals surface area contributed by atoms with E-state index in [4.69, 9.17) is 9.72 Å². The number of aryl methyl sites for hydroxylation is 1. The number of aliphatic hydroxyl groups is 1. The number of nitrogens with one attached hydrogen (secondary N) is 2. The number of rotatable bonds is 7. The minimum atomic E-state index is -4.22.